The van der Waals surface area contributed by atoms with Crippen molar-refractivity contribution in [1.82, 2.24) is 10.3 Å². The average molecular weight is 279 g/mol. The standard InChI is InChI=1S/C13H17N3O2S/c1-3-6-14-9(2)10-8-19-13(15-10)16-12(17)11-5-4-7-18-11/h4-5,7-9,14H,3,6H2,1-2H3,(H,15,16,17). The highest BCUT2D eigenvalue weighted by molar-refractivity contribution is 7.14. The van der Waals surface area contributed by atoms with Crippen molar-refractivity contribution in [3.8, 4) is 0 Å². The van der Waals surface area contributed by atoms with Gasteiger partial charge in [0.15, 0.2) is 10.9 Å². The lowest BCUT2D eigenvalue weighted by Crippen LogP contribution is -2.19. The fraction of sp³-hybridized carbons (Fsp3) is 0.385. The number of hydrogen-bond acceptors (Lipinski definition) is 5. The molecule has 2 aromatic rings. The minimum atomic E-state index is -0.278. The molecule has 0 bridgehead atoms. The lowest BCUT2D eigenvalue weighted by Gasteiger charge is -2.09. The third-order valence-electron chi connectivity index (χ3n) is 2.63. The molecule has 0 radical (unpaired) electrons. The van der Waals surface area contributed by atoms with Gasteiger partial charge in [0.05, 0.1) is 12.0 Å². The van der Waals surface area contributed by atoms with Crippen LogP contribution in [0.5, 0.6) is 0 Å². The molecule has 0 saturated carbocycles. The fourth-order valence-electron chi connectivity index (χ4n) is 1.57. The van der Waals surface area contributed by atoms with Crippen LogP contribution in [0.2, 0.25) is 0 Å². The van der Waals surface area contributed by atoms with Crippen LogP contribution in [0.25, 0.3) is 0 Å². The van der Waals surface area contributed by atoms with Gasteiger partial charge in [-0.2, -0.15) is 0 Å². The molecule has 102 valence electrons. The van der Waals surface area contributed by atoms with Gasteiger partial charge < -0.3 is 9.73 Å². The van der Waals surface area contributed by atoms with Gasteiger partial charge in [0.25, 0.3) is 5.91 Å². The molecule has 0 saturated heterocycles. The Balaban J connectivity index is 1.95. The first-order chi connectivity index (χ1) is 9.20. The summed E-state index contributed by atoms with van der Waals surface area (Å²) in [5.41, 5.74) is 0.938. The van der Waals surface area contributed by atoms with E-state index in [1.54, 1.807) is 12.1 Å². The summed E-state index contributed by atoms with van der Waals surface area (Å²) in [4.78, 5) is 16.2. The molecule has 1 amide bonds. The third kappa shape index (κ3) is 3.65. The second-order valence-electron chi connectivity index (χ2n) is 4.18. The summed E-state index contributed by atoms with van der Waals surface area (Å²) >= 11 is 1.41. The lowest BCUT2D eigenvalue weighted by molar-refractivity contribution is 0.0996. The van der Waals surface area contributed by atoms with E-state index in [2.05, 4.69) is 29.5 Å². The van der Waals surface area contributed by atoms with Gasteiger partial charge in [-0.05, 0) is 32.0 Å². The van der Waals surface area contributed by atoms with E-state index >= 15 is 0 Å². The van der Waals surface area contributed by atoms with Crippen molar-refractivity contribution in [2.75, 3.05) is 11.9 Å². The Bertz CT molecular complexity index is 522. The second-order valence-corrected chi connectivity index (χ2v) is 5.04. The summed E-state index contributed by atoms with van der Waals surface area (Å²) < 4.78 is 5.03. The van der Waals surface area contributed by atoms with Crippen LogP contribution in [0.3, 0.4) is 0 Å². The maximum atomic E-state index is 11.8. The number of furan rings is 1. The number of aromatic nitrogens is 1. The van der Waals surface area contributed by atoms with E-state index < -0.39 is 0 Å². The van der Waals surface area contributed by atoms with Gasteiger partial charge in [-0.15, -0.1) is 11.3 Å². The van der Waals surface area contributed by atoms with E-state index in [1.807, 2.05) is 5.38 Å². The number of carbonyl (C=O) groups excluding carboxylic acids is 1. The molecule has 0 aliphatic carbocycles. The number of carbonyl (C=O) groups is 1. The predicted octanol–water partition coefficient (Wildman–Crippen LogP) is 3.05. The number of rotatable bonds is 6. The minimum Gasteiger partial charge on any atom is -0.459 e. The highest BCUT2D eigenvalue weighted by Gasteiger charge is 2.13. The molecule has 0 aliphatic heterocycles. The van der Waals surface area contributed by atoms with Crippen molar-refractivity contribution in [3.63, 3.8) is 0 Å². The Labute approximate surface area is 116 Å². The molecule has 0 spiro atoms. The molecule has 0 aliphatic rings. The first kappa shape index (κ1) is 13.8. The Hall–Kier alpha value is -1.66. The maximum absolute atomic E-state index is 11.8. The van der Waals surface area contributed by atoms with Crippen molar-refractivity contribution in [2.24, 2.45) is 0 Å². The Kier molecular flexibility index (Phi) is 4.70. The SMILES string of the molecule is CCCNC(C)c1csc(NC(=O)c2ccco2)n1. The van der Waals surface area contributed by atoms with Gasteiger partial charge in [-0.1, -0.05) is 6.92 Å². The zero-order valence-electron chi connectivity index (χ0n) is 11.0. The van der Waals surface area contributed by atoms with Crippen LogP contribution in [-0.2, 0) is 0 Å². The molecule has 2 heterocycles. The molecule has 0 aromatic carbocycles. The predicted molar refractivity (Wildman–Crippen MR) is 75.5 cm³/mol. The molecular formula is C13H17N3O2S. The molecule has 1 unspecified atom stereocenters. The molecule has 2 aromatic heterocycles. The van der Waals surface area contributed by atoms with Crippen molar-refractivity contribution < 1.29 is 9.21 Å². The van der Waals surface area contributed by atoms with E-state index in [9.17, 15) is 4.79 Å². The highest BCUT2D eigenvalue weighted by atomic mass is 32.1. The number of thiazole rings is 1. The largest absolute Gasteiger partial charge is 0.459 e. The summed E-state index contributed by atoms with van der Waals surface area (Å²) in [7, 11) is 0. The van der Waals surface area contributed by atoms with Gasteiger partial charge in [0.2, 0.25) is 0 Å². The smallest absolute Gasteiger partial charge is 0.293 e. The van der Waals surface area contributed by atoms with Crippen molar-refractivity contribution in [3.05, 3.63) is 35.2 Å². The fourth-order valence-corrected chi connectivity index (χ4v) is 2.37. The van der Waals surface area contributed by atoms with E-state index in [0.29, 0.717) is 5.13 Å². The quantitative estimate of drug-likeness (QED) is 0.853. The normalized spacial score (nSPS) is 12.3. The molecule has 5 nitrogen and oxygen atoms in total. The molecular weight excluding hydrogens is 262 g/mol. The number of nitrogens with one attached hydrogen (secondary N) is 2. The van der Waals surface area contributed by atoms with Crippen molar-refractivity contribution in [1.29, 1.82) is 0 Å². The summed E-state index contributed by atoms with van der Waals surface area (Å²) in [6, 6.07) is 3.49. The van der Waals surface area contributed by atoms with Crippen LogP contribution >= 0.6 is 11.3 Å². The molecule has 0 fully saturated rings. The topological polar surface area (TPSA) is 67.2 Å². The van der Waals surface area contributed by atoms with Crippen LogP contribution in [0.15, 0.2) is 28.2 Å². The first-order valence-corrected chi connectivity index (χ1v) is 7.12. The van der Waals surface area contributed by atoms with Crippen LogP contribution in [0.1, 0.15) is 42.6 Å². The third-order valence-corrected chi connectivity index (χ3v) is 3.41. The zero-order chi connectivity index (χ0) is 13.7. The monoisotopic (exact) mass is 279 g/mol. The van der Waals surface area contributed by atoms with Crippen molar-refractivity contribution >= 4 is 22.4 Å². The average Bonchev–Trinajstić information content (AvgIpc) is 3.06. The van der Waals surface area contributed by atoms with E-state index in [1.165, 1.54) is 17.6 Å². The zero-order valence-corrected chi connectivity index (χ0v) is 11.8. The van der Waals surface area contributed by atoms with Crippen LogP contribution in [-0.4, -0.2) is 17.4 Å². The Morgan fingerprint density at radius 1 is 1.58 bits per heavy atom. The molecule has 19 heavy (non-hydrogen) atoms. The number of nitrogens with zero attached hydrogens (tertiary/aromatic N) is 1. The summed E-state index contributed by atoms with van der Waals surface area (Å²) in [5.74, 6) is 0.00831. The first-order valence-electron chi connectivity index (χ1n) is 6.24. The Morgan fingerprint density at radius 3 is 3.11 bits per heavy atom. The number of anilines is 1. The van der Waals surface area contributed by atoms with Crippen LogP contribution in [0.4, 0.5) is 5.13 Å². The van der Waals surface area contributed by atoms with Crippen LogP contribution < -0.4 is 10.6 Å². The second kappa shape index (κ2) is 6.49. The van der Waals surface area contributed by atoms with Gasteiger partial charge in [-0.25, -0.2) is 4.98 Å². The van der Waals surface area contributed by atoms with E-state index in [-0.39, 0.29) is 17.7 Å². The Morgan fingerprint density at radius 2 is 2.42 bits per heavy atom. The summed E-state index contributed by atoms with van der Waals surface area (Å²) in [6.07, 6.45) is 2.55. The molecule has 6 heteroatoms. The maximum Gasteiger partial charge on any atom is 0.293 e. The minimum absolute atomic E-state index is 0.186. The van der Waals surface area contributed by atoms with Gasteiger partial charge in [0.1, 0.15) is 0 Å². The highest BCUT2D eigenvalue weighted by Crippen LogP contribution is 2.21. The van der Waals surface area contributed by atoms with Crippen molar-refractivity contribution in [2.45, 2.75) is 26.3 Å². The molecule has 2 rings (SSSR count). The van der Waals surface area contributed by atoms with Gasteiger partial charge in [0, 0.05) is 11.4 Å². The molecule has 1 atom stereocenters. The van der Waals surface area contributed by atoms with E-state index in [4.69, 9.17) is 4.42 Å². The van der Waals surface area contributed by atoms with Crippen LogP contribution in [0, 0.1) is 0 Å². The molecule has 2 N–H and O–H groups in total. The summed E-state index contributed by atoms with van der Waals surface area (Å²) in [6.45, 7) is 5.13. The lowest BCUT2D eigenvalue weighted by atomic mass is 10.2. The number of hydrogen-bond donors (Lipinski definition) is 2. The van der Waals surface area contributed by atoms with Gasteiger partial charge >= 0.3 is 0 Å². The number of amides is 1. The summed E-state index contributed by atoms with van der Waals surface area (Å²) in [5, 5.41) is 8.61. The van der Waals surface area contributed by atoms with Gasteiger partial charge in [-0.3, -0.25) is 10.1 Å². The van der Waals surface area contributed by atoms with E-state index in [0.717, 1.165) is 18.7 Å².